The molecule has 0 atom stereocenters. The molecule has 0 radical (unpaired) electrons. The van der Waals surface area contributed by atoms with Crippen LogP contribution < -0.4 is 15.1 Å². The normalized spacial score (nSPS) is 17.5. The average Bonchev–Trinajstić information content (AvgIpc) is 3.11. The average molecular weight is 424 g/mol. The molecular formula is C23H22ClN3O3. The number of benzene rings is 2. The topological polar surface area (TPSA) is 69.7 Å². The number of nitrogens with zero attached hydrogens (tertiary/aromatic N) is 2. The summed E-state index contributed by atoms with van der Waals surface area (Å²) in [5.74, 6) is -0.680. The molecule has 0 aromatic heterocycles. The van der Waals surface area contributed by atoms with Crippen LogP contribution in [0, 0.1) is 6.92 Å². The first-order valence-corrected chi connectivity index (χ1v) is 10.4. The molecule has 4 amide bonds. The third-order valence-corrected chi connectivity index (χ3v) is 5.60. The first-order chi connectivity index (χ1) is 14.5. The van der Waals surface area contributed by atoms with E-state index in [1.54, 1.807) is 24.3 Å². The molecule has 0 spiro atoms. The van der Waals surface area contributed by atoms with Crippen LogP contribution in [-0.4, -0.2) is 36.8 Å². The van der Waals surface area contributed by atoms with Crippen molar-refractivity contribution >= 4 is 46.9 Å². The lowest BCUT2D eigenvalue weighted by Gasteiger charge is -2.26. The number of urea groups is 1. The Kier molecular flexibility index (Phi) is 5.59. The number of imide groups is 2. The number of carbonyl (C=O) groups excluding carboxylic acids is 3. The predicted octanol–water partition coefficient (Wildman–Crippen LogP) is 3.65. The molecule has 2 heterocycles. The summed E-state index contributed by atoms with van der Waals surface area (Å²) in [6, 6.07) is 12.2. The molecular weight excluding hydrogens is 402 g/mol. The first-order valence-electron chi connectivity index (χ1n) is 9.90. The minimum atomic E-state index is -0.739. The minimum Gasteiger partial charge on any atom is -0.371 e. The lowest BCUT2D eigenvalue weighted by Crippen LogP contribution is -2.54. The number of barbiturate groups is 1. The van der Waals surface area contributed by atoms with E-state index in [1.807, 2.05) is 31.2 Å². The molecule has 1 saturated heterocycles. The van der Waals surface area contributed by atoms with Crippen molar-refractivity contribution in [2.24, 2.45) is 0 Å². The smallest absolute Gasteiger partial charge is 0.335 e. The van der Waals surface area contributed by atoms with E-state index in [0.29, 0.717) is 11.6 Å². The molecule has 0 saturated carbocycles. The molecule has 2 aliphatic rings. The van der Waals surface area contributed by atoms with Gasteiger partial charge in [-0.2, -0.15) is 0 Å². The van der Waals surface area contributed by atoms with Crippen molar-refractivity contribution in [2.75, 3.05) is 28.8 Å². The Morgan fingerprint density at radius 2 is 1.97 bits per heavy atom. The number of hydrogen-bond donors (Lipinski definition) is 1. The number of amides is 4. The van der Waals surface area contributed by atoms with Crippen molar-refractivity contribution in [3.63, 3.8) is 0 Å². The molecule has 4 rings (SSSR count). The number of hydrogen-bond acceptors (Lipinski definition) is 4. The summed E-state index contributed by atoms with van der Waals surface area (Å²) in [6.45, 7) is 3.71. The van der Waals surface area contributed by atoms with Crippen molar-refractivity contribution in [1.82, 2.24) is 5.32 Å². The molecule has 0 bridgehead atoms. The zero-order valence-electron chi connectivity index (χ0n) is 16.7. The molecule has 1 N–H and O–H groups in total. The SMILES string of the molecule is Cc1cccc(N2C(=O)NC(=O)/C(=C\c3ccc4c(c3)CCN4CCCCl)C2=O)c1. The van der Waals surface area contributed by atoms with Gasteiger partial charge in [-0.3, -0.25) is 14.9 Å². The van der Waals surface area contributed by atoms with E-state index in [4.69, 9.17) is 11.6 Å². The third kappa shape index (κ3) is 3.83. The Bertz CT molecular complexity index is 1060. The monoisotopic (exact) mass is 423 g/mol. The van der Waals surface area contributed by atoms with Gasteiger partial charge in [-0.1, -0.05) is 18.2 Å². The molecule has 1 fully saturated rings. The van der Waals surface area contributed by atoms with Crippen molar-refractivity contribution in [3.05, 3.63) is 64.7 Å². The van der Waals surface area contributed by atoms with Crippen LogP contribution in [0.4, 0.5) is 16.2 Å². The number of rotatable bonds is 5. The second-order valence-corrected chi connectivity index (χ2v) is 7.84. The van der Waals surface area contributed by atoms with Gasteiger partial charge in [0, 0.05) is 24.7 Å². The predicted molar refractivity (Wildman–Crippen MR) is 118 cm³/mol. The number of anilines is 2. The van der Waals surface area contributed by atoms with E-state index >= 15 is 0 Å². The van der Waals surface area contributed by atoms with Gasteiger partial charge >= 0.3 is 6.03 Å². The van der Waals surface area contributed by atoms with Gasteiger partial charge in [-0.15, -0.1) is 11.6 Å². The van der Waals surface area contributed by atoms with E-state index < -0.39 is 17.8 Å². The van der Waals surface area contributed by atoms with Gasteiger partial charge in [0.15, 0.2) is 0 Å². The van der Waals surface area contributed by atoms with Crippen molar-refractivity contribution in [1.29, 1.82) is 0 Å². The highest BCUT2D eigenvalue weighted by atomic mass is 35.5. The summed E-state index contributed by atoms with van der Waals surface area (Å²) in [5.41, 5.74) is 4.37. The molecule has 2 aliphatic heterocycles. The summed E-state index contributed by atoms with van der Waals surface area (Å²) in [4.78, 5) is 41.1. The summed E-state index contributed by atoms with van der Waals surface area (Å²) < 4.78 is 0. The zero-order valence-corrected chi connectivity index (χ0v) is 17.4. The number of alkyl halides is 1. The lowest BCUT2D eigenvalue weighted by atomic mass is 10.0. The van der Waals surface area contributed by atoms with E-state index in [-0.39, 0.29) is 5.57 Å². The van der Waals surface area contributed by atoms with Gasteiger partial charge in [-0.05, 0) is 66.8 Å². The fourth-order valence-electron chi connectivity index (χ4n) is 3.89. The number of carbonyl (C=O) groups is 3. The Morgan fingerprint density at radius 1 is 1.13 bits per heavy atom. The summed E-state index contributed by atoms with van der Waals surface area (Å²) >= 11 is 5.81. The fraction of sp³-hybridized carbons (Fsp3) is 0.261. The van der Waals surface area contributed by atoms with Crippen molar-refractivity contribution in [3.8, 4) is 0 Å². The molecule has 6 nitrogen and oxygen atoms in total. The van der Waals surface area contributed by atoms with Crippen LogP contribution in [-0.2, 0) is 16.0 Å². The highest BCUT2D eigenvalue weighted by Gasteiger charge is 2.36. The summed E-state index contributed by atoms with van der Waals surface area (Å²) in [5, 5.41) is 2.27. The lowest BCUT2D eigenvalue weighted by molar-refractivity contribution is -0.122. The van der Waals surface area contributed by atoms with Crippen LogP contribution in [0.1, 0.15) is 23.1 Å². The second-order valence-electron chi connectivity index (χ2n) is 7.46. The summed E-state index contributed by atoms with van der Waals surface area (Å²) in [6.07, 6.45) is 3.38. The molecule has 2 aromatic carbocycles. The maximum atomic E-state index is 13.0. The standard InChI is InChI=1S/C23H22ClN3O3/c1-15-4-2-5-18(12-15)27-22(29)19(21(28)25-23(27)30)14-16-6-7-20-17(13-16)8-11-26(20)10-3-9-24/h2,4-7,12-14H,3,8-11H2,1H3,(H,25,28,30)/b19-14+. The zero-order chi connectivity index (χ0) is 21.3. The third-order valence-electron chi connectivity index (χ3n) is 5.33. The largest absolute Gasteiger partial charge is 0.371 e. The van der Waals surface area contributed by atoms with Gasteiger partial charge in [0.1, 0.15) is 5.57 Å². The fourth-order valence-corrected chi connectivity index (χ4v) is 4.01. The van der Waals surface area contributed by atoms with Gasteiger partial charge in [0.25, 0.3) is 11.8 Å². The van der Waals surface area contributed by atoms with Crippen LogP contribution in [0.5, 0.6) is 0 Å². The van der Waals surface area contributed by atoms with E-state index in [2.05, 4.69) is 10.2 Å². The van der Waals surface area contributed by atoms with Gasteiger partial charge in [0.2, 0.25) is 0 Å². The first kappa shape index (κ1) is 20.2. The number of fused-ring (bicyclic) bond motifs is 1. The van der Waals surface area contributed by atoms with E-state index in [9.17, 15) is 14.4 Å². The maximum absolute atomic E-state index is 13.0. The van der Waals surface area contributed by atoms with Crippen LogP contribution in [0.15, 0.2) is 48.0 Å². The molecule has 154 valence electrons. The number of nitrogens with one attached hydrogen (secondary N) is 1. The van der Waals surface area contributed by atoms with Gasteiger partial charge < -0.3 is 4.90 Å². The van der Waals surface area contributed by atoms with Crippen LogP contribution in [0.3, 0.4) is 0 Å². The maximum Gasteiger partial charge on any atom is 0.335 e. The summed E-state index contributed by atoms with van der Waals surface area (Å²) in [7, 11) is 0. The molecule has 2 aromatic rings. The van der Waals surface area contributed by atoms with E-state index in [0.717, 1.165) is 42.0 Å². The quantitative estimate of drug-likeness (QED) is 0.452. The Labute approximate surface area is 180 Å². The van der Waals surface area contributed by atoms with E-state index in [1.165, 1.54) is 11.3 Å². The van der Waals surface area contributed by atoms with Gasteiger partial charge in [0.05, 0.1) is 5.69 Å². The number of aryl methyl sites for hydroxylation is 1. The molecule has 30 heavy (non-hydrogen) atoms. The molecule has 0 aliphatic carbocycles. The highest BCUT2D eigenvalue weighted by molar-refractivity contribution is 6.39. The van der Waals surface area contributed by atoms with Crippen LogP contribution >= 0.6 is 11.6 Å². The Balaban J connectivity index is 1.63. The second kappa shape index (κ2) is 8.32. The molecule has 7 heteroatoms. The number of halogens is 1. The molecule has 0 unspecified atom stereocenters. The van der Waals surface area contributed by atoms with Crippen molar-refractivity contribution < 1.29 is 14.4 Å². The van der Waals surface area contributed by atoms with Crippen molar-refractivity contribution in [2.45, 2.75) is 19.8 Å². The van der Waals surface area contributed by atoms with Gasteiger partial charge in [-0.25, -0.2) is 9.69 Å². The minimum absolute atomic E-state index is 0.0620. The van der Waals surface area contributed by atoms with Crippen LogP contribution in [0.2, 0.25) is 0 Å². The highest BCUT2D eigenvalue weighted by Crippen LogP contribution is 2.30. The Morgan fingerprint density at radius 3 is 2.73 bits per heavy atom. The van der Waals surface area contributed by atoms with Crippen LogP contribution in [0.25, 0.3) is 6.08 Å². The Hall–Kier alpha value is -3.12.